The fourth-order valence-corrected chi connectivity index (χ4v) is 2.24. The number of pyridine rings is 1. The number of anilines is 2. The highest BCUT2D eigenvalue weighted by atomic mass is 35.5. The molecule has 100 valence electrons. The summed E-state index contributed by atoms with van der Waals surface area (Å²) in [5, 5.41) is 4.13. The summed E-state index contributed by atoms with van der Waals surface area (Å²) in [5.74, 6) is 0. The van der Waals surface area contributed by atoms with Gasteiger partial charge in [-0.05, 0) is 30.7 Å². The molecular weight excluding hydrogens is 258 g/mol. The van der Waals surface area contributed by atoms with Gasteiger partial charge >= 0.3 is 0 Å². The third-order valence-corrected chi connectivity index (χ3v) is 3.17. The fourth-order valence-electron chi connectivity index (χ4n) is 1.90. The van der Waals surface area contributed by atoms with Crippen molar-refractivity contribution in [1.82, 2.24) is 4.98 Å². The van der Waals surface area contributed by atoms with E-state index >= 15 is 0 Å². The first kappa shape index (κ1) is 13.7. The number of benzene rings is 1. The highest BCUT2D eigenvalue weighted by Crippen LogP contribution is 2.32. The van der Waals surface area contributed by atoms with Gasteiger partial charge in [-0.2, -0.15) is 0 Å². The van der Waals surface area contributed by atoms with Gasteiger partial charge in [-0.25, -0.2) is 0 Å². The van der Waals surface area contributed by atoms with Crippen molar-refractivity contribution < 1.29 is 0 Å². The first-order valence-corrected chi connectivity index (χ1v) is 6.57. The van der Waals surface area contributed by atoms with Gasteiger partial charge in [0.05, 0.1) is 28.6 Å². The van der Waals surface area contributed by atoms with E-state index < -0.39 is 0 Å². The van der Waals surface area contributed by atoms with Gasteiger partial charge in [-0.1, -0.05) is 23.7 Å². The van der Waals surface area contributed by atoms with Crippen molar-refractivity contribution in [2.75, 3.05) is 24.3 Å². The van der Waals surface area contributed by atoms with Gasteiger partial charge in [-0.15, -0.1) is 0 Å². The second-order valence-corrected chi connectivity index (χ2v) is 5.12. The van der Waals surface area contributed by atoms with E-state index in [9.17, 15) is 0 Å². The van der Waals surface area contributed by atoms with Crippen molar-refractivity contribution in [3.63, 3.8) is 0 Å². The molecule has 4 heteroatoms. The van der Waals surface area contributed by atoms with E-state index in [-0.39, 0.29) is 0 Å². The van der Waals surface area contributed by atoms with E-state index in [1.165, 1.54) is 5.56 Å². The molecule has 0 aliphatic rings. The molecule has 1 heterocycles. The topological polar surface area (TPSA) is 28.2 Å². The maximum absolute atomic E-state index is 6.23. The summed E-state index contributed by atoms with van der Waals surface area (Å²) in [4.78, 5) is 6.39. The second kappa shape index (κ2) is 5.93. The Balaban J connectivity index is 2.15. The minimum Gasteiger partial charge on any atom is -0.378 e. The Morgan fingerprint density at radius 2 is 2.00 bits per heavy atom. The Labute approximate surface area is 119 Å². The Bertz CT molecular complexity index is 550. The van der Waals surface area contributed by atoms with Gasteiger partial charge in [-0.3, -0.25) is 4.98 Å². The van der Waals surface area contributed by atoms with Crippen LogP contribution >= 0.6 is 11.6 Å². The molecule has 19 heavy (non-hydrogen) atoms. The number of aryl methyl sites for hydroxylation is 1. The van der Waals surface area contributed by atoms with Crippen LogP contribution in [0.1, 0.15) is 11.3 Å². The standard InChI is InChI=1S/C15H18ClN3/c1-11-7-8-12(17-9-11)10-18-14-6-4-5-13(16)15(14)19(2)3/h4-9,18H,10H2,1-3H3. The number of hydrogen-bond donors (Lipinski definition) is 1. The number of halogens is 1. The lowest BCUT2D eigenvalue weighted by Gasteiger charge is -2.19. The molecule has 2 aromatic rings. The lowest BCUT2D eigenvalue weighted by molar-refractivity contribution is 1.03. The quantitative estimate of drug-likeness (QED) is 0.922. The van der Waals surface area contributed by atoms with Crippen LogP contribution < -0.4 is 10.2 Å². The summed E-state index contributed by atoms with van der Waals surface area (Å²) >= 11 is 6.23. The number of hydrogen-bond acceptors (Lipinski definition) is 3. The normalized spacial score (nSPS) is 10.3. The van der Waals surface area contributed by atoms with E-state index in [1.807, 2.05) is 56.4 Å². The molecule has 0 saturated carbocycles. The van der Waals surface area contributed by atoms with Crippen LogP contribution in [0.25, 0.3) is 0 Å². The monoisotopic (exact) mass is 275 g/mol. The Morgan fingerprint density at radius 3 is 2.63 bits per heavy atom. The largest absolute Gasteiger partial charge is 0.378 e. The molecule has 0 fully saturated rings. The second-order valence-electron chi connectivity index (χ2n) is 4.71. The Kier molecular flexibility index (Phi) is 4.27. The minimum atomic E-state index is 0.682. The summed E-state index contributed by atoms with van der Waals surface area (Å²) in [6.07, 6.45) is 1.88. The minimum absolute atomic E-state index is 0.682. The highest BCUT2D eigenvalue weighted by Gasteiger charge is 2.08. The van der Waals surface area contributed by atoms with Crippen LogP contribution in [0, 0.1) is 6.92 Å². The summed E-state index contributed by atoms with van der Waals surface area (Å²) in [6, 6.07) is 9.96. The van der Waals surface area contributed by atoms with Gasteiger partial charge < -0.3 is 10.2 Å². The smallest absolute Gasteiger partial charge is 0.0786 e. The summed E-state index contributed by atoms with van der Waals surface area (Å²) in [7, 11) is 3.97. The van der Waals surface area contributed by atoms with Crippen molar-refractivity contribution in [3.05, 3.63) is 52.8 Å². The number of nitrogens with one attached hydrogen (secondary N) is 1. The van der Waals surface area contributed by atoms with Crippen molar-refractivity contribution in [3.8, 4) is 0 Å². The Hall–Kier alpha value is -1.74. The molecule has 0 amide bonds. The number of para-hydroxylation sites is 1. The predicted octanol–water partition coefficient (Wildman–Crippen LogP) is 3.72. The summed E-state index contributed by atoms with van der Waals surface area (Å²) in [5.41, 5.74) is 4.19. The molecule has 0 saturated heterocycles. The SMILES string of the molecule is Cc1ccc(CNc2cccc(Cl)c2N(C)C)nc1. The molecule has 0 bridgehead atoms. The van der Waals surface area contributed by atoms with E-state index in [0.717, 1.165) is 22.1 Å². The third kappa shape index (κ3) is 3.38. The van der Waals surface area contributed by atoms with Crippen LogP contribution in [0.15, 0.2) is 36.5 Å². The number of aromatic nitrogens is 1. The maximum Gasteiger partial charge on any atom is 0.0786 e. The molecule has 1 aromatic carbocycles. The highest BCUT2D eigenvalue weighted by molar-refractivity contribution is 6.34. The molecule has 2 rings (SSSR count). The molecule has 0 aliphatic heterocycles. The predicted molar refractivity (Wildman–Crippen MR) is 82.1 cm³/mol. The fraction of sp³-hybridized carbons (Fsp3) is 0.267. The van der Waals surface area contributed by atoms with Gasteiger partial charge in [0, 0.05) is 20.3 Å². The van der Waals surface area contributed by atoms with Crippen LogP contribution in [-0.4, -0.2) is 19.1 Å². The van der Waals surface area contributed by atoms with Crippen LogP contribution in [0.5, 0.6) is 0 Å². The zero-order chi connectivity index (χ0) is 13.8. The average molecular weight is 276 g/mol. The van der Waals surface area contributed by atoms with Crippen LogP contribution in [0.3, 0.4) is 0 Å². The summed E-state index contributed by atoms with van der Waals surface area (Å²) < 4.78 is 0. The van der Waals surface area contributed by atoms with Gasteiger partial charge in [0.25, 0.3) is 0 Å². The Morgan fingerprint density at radius 1 is 1.21 bits per heavy atom. The van der Waals surface area contributed by atoms with Crippen LogP contribution in [0.4, 0.5) is 11.4 Å². The van der Waals surface area contributed by atoms with Crippen molar-refractivity contribution in [1.29, 1.82) is 0 Å². The average Bonchev–Trinajstić information content (AvgIpc) is 2.37. The lowest BCUT2D eigenvalue weighted by atomic mass is 10.2. The van der Waals surface area contributed by atoms with Crippen molar-refractivity contribution in [2.24, 2.45) is 0 Å². The first-order valence-electron chi connectivity index (χ1n) is 6.19. The zero-order valence-electron chi connectivity index (χ0n) is 11.4. The van der Waals surface area contributed by atoms with Crippen LogP contribution in [0.2, 0.25) is 5.02 Å². The summed E-state index contributed by atoms with van der Waals surface area (Å²) in [6.45, 7) is 2.72. The molecule has 0 atom stereocenters. The molecule has 1 aromatic heterocycles. The van der Waals surface area contributed by atoms with Gasteiger partial charge in [0.1, 0.15) is 0 Å². The van der Waals surface area contributed by atoms with Crippen LogP contribution in [-0.2, 0) is 6.54 Å². The molecule has 0 aliphatic carbocycles. The lowest BCUT2D eigenvalue weighted by Crippen LogP contribution is -2.13. The molecular formula is C15H18ClN3. The molecule has 1 N–H and O–H groups in total. The molecule has 3 nitrogen and oxygen atoms in total. The number of nitrogens with zero attached hydrogens (tertiary/aromatic N) is 2. The van der Waals surface area contributed by atoms with Crippen molar-refractivity contribution >= 4 is 23.0 Å². The van der Waals surface area contributed by atoms with E-state index in [2.05, 4.69) is 16.4 Å². The number of rotatable bonds is 4. The third-order valence-electron chi connectivity index (χ3n) is 2.87. The first-order chi connectivity index (χ1) is 9.08. The van der Waals surface area contributed by atoms with Gasteiger partial charge in [0.2, 0.25) is 0 Å². The van der Waals surface area contributed by atoms with E-state index in [1.54, 1.807) is 0 Å². The molecule has 0 spiro atoms. The van der Waals surface area contributed by atoms with E-state index in [0.29, 0.717) is 6.54 Å². The molecule has 0 unspecified atom stereocenters. The zero-order valence-corrected chi connectivity index (χ0v) is 12.2. The van der Waals surface area contributed by atoms with Gasteiger partial charge in [0.15, 0.2) is 0 Å². The molecule has 0 radical (unpaired) electrons. The maximum atomic E-state index is 6.23. The van der Waals surface area contributed by atoms with Crippen molar-refractivity contribution in [2.45, 2.75) is 13.5 Å². The van der Waals surface area contributed by atoms with E-state index in [4.69, 9.17) is 11.6 Å².